The van der Waals surface area contributed by atoms with Crippen LogP contribution in [0.3, 0.4) is 0 Å². The summed E-state index contributed by atoms with van der Waals surface area (Å²) in [6.45, 7) is 6.26. The zero-order valence-electron chi connectivity index (χ0n) is 9.24. The van der Waals surface area contributed by atoms with Crippen molar-refractivity contribution in [2.75, 3.05) is 5.33 Å². The highest BCUT2D eigenvalue weighted by atomic mass is 79.9. The molecule has 0 bridgehead atoms. The second kappa shape index (κ2) is 5.47. The Morgan fingerprint density at radius 3 is 2.50 bits per heavy atom. The summed E-state index contributed by atoms with van der Waals surface area (Å²) in [5.41, 5.74) is 0. The summed E-state index contributed by atoms with van der Waals surface area (Å²) >= 11 is 3.44. The van der Waals surface area contributed by atoms with Crippen molar-refractivity contribution in [1.82, 2.24) is 0 Å². The molecule has 0 aromatic rings. The highest BCUT2D eigenvalue weighted by Crippen LogP contribution is 2.32. The number of ether oxygens (including phenoxy) is 1. The van der Waals surface area contributed by atoms with Crippen molar-refractivity contribution >= 4 is 15.9 Å². The van der Waals surface area contributed by atoms with Crippen LogP contribution in [-0.2, 0) is 4.74 Å². The van der Waals surface area contributed by atoms with Crippen molar-refractivity contribution in [2.45, 2.75) is 51.9 Å². The molecule has 14 heavy (non-hydrogen) atoms. The van der Waals surface area contributed by atoms with Crippen LogP contribution < -0.4 is 0 Å². The predicted octanol–water partition coefficient (Wildman–Crippen LogP) is 2.58. The van der Waals surface area contributed by atoms with Gasteiger partial charge in [0.25, 0.3) is 0 Å². The van der Waals surface area contributed by atoms with Gasteiger partial charge >= 0.3 is 0 Å². The standard InChI is InChI=1S/C11H21BrO2/c1-7(5-4-6-12)11-8(2)10(13)9(3)14-11/h7-11,13H,4-6H2,1-3H3/t7-,8+,9+,10-,11-/m1/s1. The van der Waals surface area contributed by atoms with Crippen LogP contribution in [0.2, 0.25) is 0 Å². The second-order valence-electron chi connectivity index (χ2n) is 4.46. The van der Waals surface area contributed by atoms with E-state index in [2.05, 4.69) is 29.8 Å². The van der Waals surface area contributed by atoms with Crippen molar-refractivity contribution in [2.24, 2.45) is 11.8 Å². The molecule has 3 heteroatoms. The Hall–Kier alpha value is 0.400. The van der Waals surface area contributed by atoms with Gasteiger partial charge in [-0.05, 0) is 25.7 Å². The number of rotatable bonds is 4. The van der Waals surface area contributed by atoms with E-state index in [0.29, 0.717) is 5.92 Å². The summed E-state index contributed by atoms with van der Waals surface area (Å²) in [6.07, 6.45) is 2.30. The van der Waals surface area contributed by atoms with Gasteiger partial charge in [0, 0.05) is 11.2 Å². The summed E-state index contributed by atoms with van der Waals surface area (Å²) in [6, 6.07) is 0. The minimum Gasteiger partial charge on any atom is -0.390 e. The first-order valence-electron chi connectivity index (χ1n) is 5.47. The third kappa shape index (κ3) is 2.71. The van der Waals surface area contributed by atoms with Gasteiger partial charge in [-0.2, -0.15) is 0 Å². The summed E-state index contributed by atoms with van der Waals surface area (Å²) in [7, 11) is 0. The third-order valence-electron chi connectivity index (χ3n) is 3.26. The molecule has 1 fully saturated rings. The van der Waals surface area contributed by atoms with Gasteiger partial charge < -0.3 is 9.84 Å². The fourth-order valence-electron chi connectivity index (χ4n) is 2.29. The zero-order valence-corrected chi connectivity index (χ0v) is 10.8. The molecule has 2 nitrogen and oxygen atoms in total. The first-order chi connectivity index (χ1) is 6.57. The molecule has 84 valence electrons. The topological polar surface area (TPSA) is 29.5 Å². The van der Waals surface area contributed by atoms with E-state index < -0.39 is 0 Å². The number of halogens is 1. The molecule has 0 saturated carbocycles. The monoisotopic (exact) mass is 264 g/mol. The molecule has 0 unspecified atom stereocenters. The molecule has 5 atom stereocenters. The molecule has 1 aliphatic heterocycles. The summed E-state index contributed by atoms with van der Waals surface area (Å²) in [4.78, 5) is 0. The molecular formula is C11H21BrO2. The number of hydrogen-bond donors (Lipinski definition) is 1. The van der Waals surface area contributed by atoms with Crippen LogP contribution in [0.5, 0.6) is 0 Å². The van der Waals surface area contributed by atoms with E-state index in [1.165, 1.54) is 12.8 Å². The van der Waals surface area contributed by atoms with Crippen LogP contribution >= 0.6 is 15.9 Å². The van der Waals surface area contributed by atoms with Crippen molar-refractivity contribution in [3.8, 4) is 0 Å². The van der Waals surface area contributed by atoms with Gasteiger partial charge in [0.2, 0.25) is 0 Å². The van der Waals surface area contributed by atoms with E-state index >= 15 is 0 Å². The highest BCUT2D eigenvalue weighted by Gasteiger charge is 2.40. The lowest BCUT2D eigenvalue weighted by atomic mass is 9.88. The largest absolute Gasteiger partial charge is 0.390 e. The second-order valence-corrected chi connectivity index (χ2v) is 5.26. The quantitative estimate of drug-likeness (QED) is 0.792. The SMILES string of the molecule is C[C@H]1[C@@H](O)[C@H](C)O[C@@H]1[C@H](C)CCCBr. The molecule has 0 spiro atoms. The fraction of sp³-hybridized carbons (Fsp3) is 1.00. The van der Waals surface area contributed by atoms with E-state index in [4.69, 9.17) is 4.74 Å². The van der Waals surface area contributed by atoms with Crippen molar-refractivity contribution in [1.29, 1.82) is 0 Å². The van der Waals surface area contributed by atoms with Crippen LogP contribution in [0.4, 0.5) is 0 Å². The Kier molecular flexibility index (Phi) is 4.88. The molecule has 0 aromatic heterocycles. The molecular weight excluding hydrogens is 244 g/mol. The highest BCUT2D eigenvalue weighted by molar-refractivity contribution is 9.09. The minimum absolute atomic E-state index is 0.00132. The normalized spacial score (nSPS) is 40.1. The predicted molar refractivity (Wildman–Crippen MR) is 61.7 cm³/mol. The van der Waals surface area contributed by atoms with Crippen molar-refractivity contribution in [3.05, 3.63) is 0 Å². The van der Waals surface area contributed by atoms with Crippen LogP contribution in [-0.4, -0.2) is 28.7 Å². The lowest BCUT2D eigenvalue weighted by Crippen LogP contribution is -2.27. The number of alkyl halides is 1. The molecule has 0 amide bonds. The van der Waals surface area contributed by atoms with E-state index in [1.54, 1.807) is 0 Å². The number of aliphatic hydroxyl groups excluding tert-OH is 1. The van der Waals surface area contributed by atoms with Crippen molar-refractivity contribution < 1.29 is 9.84 Å². The Morgan fingerprint density at radius 1 is 1.43 bits per heavy atom. The van der Waals surface area contributed by atoms with Gasteiger partial charge in [0.15, 0.2) is 0 Å². The molecule has 0 radical (unpaired) electrons. The minimum atomic E-state index is -0.286. The number of hydrogen-bond acceptors (Lipinski definition) is 2. The molecule has 1 N–H and O–H groups in total. The summed E-state index contributed by atoms with van der Waals surface area (Å²) in [5.74, 6) is 0.817. The Balaban J connectivity index is 2.44. The summed E-state index contributed by atoms with van der Waals surface area (Å²) < 4.78 is 5.78. The Morgan fingerprint density at radius 2 is 2.07 bits per heavy atom. The first kappa shape index (κ1) is 12.5. The molecule has 1 rings (SSSR count). The van der Waals surface area contributed by atoms with E-state index in [-0.39, 0.29) is 24.2 Å². The molecule has 1 heterocycles. The molecule has 0 aromatic carbocycles. The molecule has 1 saturated heterocycles. The van der Waals surface area contributed by atoms with Gasteiger partial charge in [0.05, 0.1) is 18.3 Å². The Bertz CT molecular complexity index is 175. The van der Waals surface area contributed by atoms with E-state index in [1.807, 2.05) is 6.92 Å². The van der Waals surface area contributed by atoms with Gasteiger partial charge in [-0.25, -0.2) is 0 Å². The van der Waals surface area contributed by atoms with Gasteiger partial charge in [-0.1, -0.05) is 29.8 Å². The van der Waals surface area contributed by atoms with Gasteiger partial charge in [0.1, 0.15) is 0 Å². The maximum Gasteiger partial charge on any atom is 0.0849 e. The fourth-order valence-corrected chi connectivity index (χ4v) is 2.61. The van der Waals surface area contributed by atoms with Gasteiger partial charge in [-0.15, -0.1) is 0 Å². The average Bonchev–Trinajstić information content (AvgIpc) is 2.42. The van der Waals surface area contributed by atoms with Gasteiger partial charge in [-0.3, -0.25) is 0 Å². The first-order valence-corrected chi connectivity index (χ1v) is 6.59. The summed E-state index contributed by atoms with van der Waals surface area (Å²) in [5, 5.41) is 10.8. The maximum absolute atomic E-state index is 9.78. The number of aliphatic hydroxyl groups is 1. The third-order valence-corrected chi connectivity index (χ3v) is 3.82. The van der Waals surface area contributed by atoms with Crippen LogP contribution in [0.25, 0.3) is 0 Å². The zero-order chi connectivity index (χ0) is 10.7. The lowest BCUT2D eigenvalue weighted by molar-refractivity contribution is -0.00161. The lowest BCUT2D eigenvalue weighted by Gasteiger charge is -2.22. The molecule has 1 aliphatic rings. The smallest absolute Gasteiger partial charge is 0.0849 e. The van der Waals surface area contributed by atoms with Crippen LogP contribution in [0, 0.1) is 11.8 Å². The van der Waals surface area contributed by atoms with Crippen molar-refractivity contribution in [3.63, 3.8) is 0 Å². The van der Waals surface area contributed by atoms with Crippen LogP contribution in [0.1, 0.15) is 33.6 Å². The maximum atomic E-state index is 9.78. The average molecular weight is 265 g/mol. The molecule has 0 aliphatic carbocycles. The van der Waals surface area contributed by atoms with Crippen LogP contribution in [0.15, 0.2) is 0 Å². The Labute approximate surface area is 95.2 Å². The van der Waals surface area contributed by atoms with E-state index in [9.17, 15) is 5.11 Å². The van der Waals surface area contributed by atoms with E-state index in [0.717, 1.165) is 5.33 Å².